The number of benzene rings is 1. The molecule has 0 N–H and O–H groups in total. The van der Waals surface area contributed by atoms with Crippen molar-refractivity contribution in [1.82, 2.24) is 4.57 Å². The lowest BCUT2D eigenvalue weighted by Gasteiger charge is -2.15. The van der Waals surface area contributed by atoms with Crippen LogP contribution in [0.15, 0.2) is 23.0 Å². The lowest BCUT2D eigenvalue weighted by molar-refractivity contribution is -0.120. The third kappa shape index (κ3) is 3.81. The van der Waals surface area contributed by atoms with Gasteiger partial charge in [0.05, 0.1) is 4.53 Å². The Kier molecular flexibility index (Phi) is 5.57. The zero-order chi connectivity index (χ0) is 19.6. The van der Waals surface area contributed by atoms with E-state index in [4.69, 9.17) is 0 Å². The molecule has 1 aromatic carbocycles. The van der Waals surface area contributed by atoms with E-state index in [0.717, 1.165) is 23.5 Å². The van der Waals surface area contributed by atoms with Crippen LogP contribution in [0.1, 0.15) is 33.3 Å². The van der Waals surface area contributed by atoms with Gasteiger partial charge in [0.15, 0.2) is 5.78 Å². The van der Waals surface area contributed by atoms with Crippen LogP contribution >= 0.6 is 11.3 Å². The van der Waals surface area contributed by atoms with Gasteiger partial charge in [-0.25, -0.2) is 8.78 Å². The van der Waals surface area contributed by atoms with Crippen molar-refractivity contribution < 1.29 is 13.6 Å². The summed E-state index contributed by atoms with van der Waals surface area (Å²) in [7, 11) is 0. The van der Waals surface area contributed by atoms with Crippen molar-refractivity contribution in [3.8, 4) is 6.07 Å². The van der Waals surface area contributed by atoms with Crippen molar-refractivity contribution in [2.45, 2.75) is 34.2 Å². The average Bonchev–Trinajstić information content (AvgIpc) is 2.85. The smallest absolute Gasteiger partial charge is 0.269 e. The van der Waals surface area contributed by atoms with Gasteiger partial charge in [0.1, 0.15) is 27.9 Å². The van der Waals surface area contributed by atoms with E-state index in [2.05, 4.69) is 0 Å². The minimum atomic E-state index is -0.794. The summed E-state index contributed by atoms with van der Waals surface area (Å²) in [5, 5.41) is 9.47. The molecule has 7 heteroatoms. The highest BCUT2D eigenvalue weighted by atomic mass is 32.1. The van der Waals surface area contributed by atoms with Crippen LogP contribution in [0.2, 0.25) is 0 Å². The van der Waals surface area contributed by atoms with Crippen LogP contribution in [-0.4, -0.2) is 10.4 Å². The highest BCUT2D eigenvalue weighted by Crippen LogP contribution is 2.19. The highest BCUT2D eigenvalue weighted by Gasteiger charge is 2.27. The van der Waals surface area contributed by atoms with E-state index in [0.29, 0.717) is 0 Å². The van der Waals surface area contributed by atoms with Gasteiger partial charge < -0.3 is 0 Å². The van der Waals surface area contributed by atoms with Gasteiger partial charge in [-0.15, -0.1) is 11.3 Å². The molecule has 0 bridgehead atoms. The van der Waals surface area contributed by atoms with Crippen molar-refractivity contribution in [3.63, 3.8) is 0 Å². The van der Waals surface area contributed by atoms with Gasteiger partial charge in [-0.05, 0) is 25.1 Å². The number of ketones is 1. The summed E-state index contributed by atoms with van der Waals surface area (Å²) >= 11 is 0.950. The molecule has 0 atom stereocenters. The van der Waals surface area contributed by atoms with Crippen LogP contribution in [0.5, 0.6) is 0 Å². The van der Waals surface area contributed by atoms with E-state index < -0.39 is 22.6 Å². The average molecular weight is 376 g/mol. The molecule has 0 aliphatic heterocycles. The Morgan fingerprint density at radius 3 is 2.50 bits per heavy atom. The fourth-order valence-electron chi connectivity index (χ4n) is 2.32. The molecule has 0 aliphatic rings. The number of aromatic nitrogens is 1. The Bertz CT molecular complexity index is 1080. The molecular formula is C19H18F2N2O2S. The maximum absolute atomic E-state index is 13.9. The first-order valence-corrected chi connectivity index (χ1v) is 8.77. The molecule has 0 unspecified atom stereocenters. The van der Waals surface area contributed by atoms with Crippen LogP contribution in [-0.2, 0) is 11.3 Å². The molecule has 0 radical (unpaired) electrons. The molecule has 4 nitrogen and oxygen atoms in total. The zero-order valence-corrected chi connectivity index (χ0v) is 15.7. The van der Waals surface area contributed by atoms with E-state index >= 15 is 0 Å². The standard InChI is InChI=1S/C19H18F2N2O2S/c1-5-23-17(25)15(8-11-6-7-12(20)9-14(11)21)26-18(23)13(10-22)16(24)19(2,3)4/h6-9H,5H2,1-4H3. The first kappa shape index (κ1) is 19.7. The number of hydrogen-bond donors (Lipinski definition) is 0. The number of halogens is 2. The fraction of sp³-hybridized carbons (Fsp3) is 0.316. The number of Topliss-reactive ketones (excluding diaryl/α,β-unsaturated/α-hetero) is 1. The predicted molar refractivity (Wildman–Crippen MR) is 96.9 cm³/mol. The Morgan fingerprint density at radius 1 is 1.35 bits per heavy atom. The molecule has 136 valence electrons. The summed E-state index contributed by atoms with van der Waals surface area (Å²) in [4.78, 5) is 25.2. The van der Waals surface area contributed by atoms with Gasteiger partial charge in [0.2, 0.25) is 0 Å². The largest absolute Gasteiger partial charge is 0.298 e. The van der Waals surface area contributed by atoms with Crippen LogP contribution < -0.4 is 14.8 Å². The molecule has 2 aromatic rings. The molecule has 1 aromatic heterocycles. The SMILES string of the molecule is CCn1c(=C(C#N)C(=O)C(C)(C)C)sc(=Cc2ccc(F)cc2F)c1=O. The quantitative estimate of drug-likeness (QED) is 0.826. The number of carbonyl (C=O) groups is 1. The minimum Gasteiger partial charge on any atom is -0.298 e. The lowest BCUT2D eigenvalue weighted by atomic mass is 9.87. The maximum Gasteiger partial charge on any atom is 0.269 e. The van der Waals surface area contributed by atoms with Crippen LogP contribution in [0.3, 0.4) is 0 Å². The Morgan fingerprint density at radius 2 is 2.00 bits per heavy atom. The van der Waals surface area contributed by atoms with Gasteiger partial charge in [0.25, 0.3) is 5.56 Å². The number of thiazole rings is 1. The van der Waals surface area contributed by atoms with E-state index in [9.17, 15) is 23.6 Å². The third-order valence-corrected chi connectivity index (χ3v) is 4.84. The minimum absolute atomic E-state index is 0.0557. The molecule has 0 saturated heterocycles. The Labute approximate surface area is 153 Å². The molecule has 0 aliphatic carbocycles. The lowest BCUT2D eigenvalue weighted by Crippen LogP contribution is -2.33. The molecule has 0 spiro atoms. The summed E-state index contributed by atoms with van der Waals surface area (Å²) in [6, 6.07) is 4.96. The first-order chi connectivity index (χ1) is 12.1. The number of carbonyl (C=O) groups excluding carboxylic acids is 1. The molecule has 26 heavy (non-hydrogen) atoms. The number of nitriles is 1. The normalized spacial score (nSPS) is 13.5. The predicted octanol–water partition coefficient (Wildman–Crippen LogP) is 2.33. The summed E-state index contributed by atoms with van der Waals surface area (Å²) in [5.41, 5.74) is -1.25. The second-order valence-electron chi connectivity index (χ2n) is 6.70. The summed E-state index contributed by atoms with van der Waals surface area (Å²) < 4.78 is 28.7. The Balaban J connectivity index is 2.85. The zero-order valence-electron chi connectivity index (χ0n) is 14.9. The second-order valence-corrected chi connectivity index (χ2v) is 7.73. The summed E-state index contributed by atoms with van der Waals surface area (Å²) in [5.74, 6) is -1.88. The van der Waals surface area contributed by atoms with Gasteiger partial charge in [-0.1, -0.05) is 20.8 Å². The van der Waals surface area contributed by atoms with E-state index in [1.165, 1.54) is 16.7 Å². The first-order valence-electron chi connectivity index (χ1n) is 7.95. The third-order valence-electron chi connectivity index (χ3n) is 3.71. The molecular weight excluding hydrogens is 358 g/mol. The van der Waals surface area contributed by atoms with Gasteiger partial charge in [0, 0.05) is 23.6 Å². The van der Waals surface area contributed by atoms with E-state index in [1.54, 1.807) is 27.7 Å². The molecule has 0 fully saturated rings. The maximum atomic E-state index is 13.9. The molecule has 0 amide bonds. The summed E-state index contributed by atoms with van der Waals surface area (Å²) in [6.45, 7) is 7.05. The van der Waals surface area contributed by atoms with Crippen molar-refractivity contribution in [3.05, 3.63) is 54.9 Å². The van der Waals surface area contributed by atoms with Crippen LogP contribution in [0.25, 0.3) is 11.6 Å². The molecule has 1 heterocycles. The number of rotatable bonds is 3. The number of nitrogens with zero attached hydrogens (tertiary/aromatic N) is 2. The Hall–Kier alpha value is -2.59. The van der Waals surface area contributed by atoms with Gasteiger partial charge in [-0.3, -0.25) is 14.2 Å². The number of hydrogen-bond acceptors (Lipinski definition) is 4. The van der Waals surface area contributed by atoms with Gasteiger partial charge in [-0.2, -0.15) is 5.26 Å². The van der Waals surface area contributed by atoms with Crippen LogP contribution in [0, 0.1) is 28.4 Å². The second kappa shape index (κ2) is 7.34. The molecule has 0 saturated carbocycles. The molecule has 2 rings (SSSR count). The summed E-state index contributed by atoms with van der Waals surface area (Å²) in [6.07, 6.45) is 1.30. The van der Waals surface area contributed by atoms with E-state index in [-0.39, 0.29) is 32.7 Å². The van der Waals surface area contributed by atoms with Crippen molar-refractivity contribution in [1.29, 1.82) is 5.26 Å². The van der Waals surface area contributed by atoms with Crippen molar-refractivity contribution in [2.75, 3.05) is 0 Å². The topological polar surface area (TPSA) is 62.9 Å². The monoisotopic (exact) mass is 376 g/mol. The van der Waals surface area contributed by atoms with Gasteiger partial charge >= 0.3 is 0 Å². The van der Waals surface area contributed by atoms with Crippen LogP contribution in [0.4, 0.5) is 8.78 Å². The van der Waals surface area contributed by atoms with E-state index in [1.807, 2.05) is 6.07 Å². The van der Waals surface area contributed by atoms with Crippen molar-refractivity contribution >= 4 is 28.8 Å². The highest BCUT2D eigenvalue weighted by molar-refractivity contribution is 7.07. The van der Waals surface area contributed by atoms with Crippen molar-refractivity contribution in [2.24, 2.45) is 5.41 Å². The fourth-order valence-corrected chi connectivity index (χ4v) is 3.48.